The largest absolute Gasteiger partial charge is 0.508 e. The van der Waals surface area contributed by atoms with Gasteiger partial charge in [-0.2, -0.15) is 23.5 Å². The minimum Gasteiger partial charge on any atom is -0.508 e. The first-order chi connectivity index (χ1) is 22.9. The van der Waals surface area contributed by atoms with E-state index in [1.54, 1.807) is 19.1 Å². The van der Waals surface area contributed by atoms with Gasteiger partial charge in [0.05, 0.1) is 17.3 Å². The third-order valence-electron chi connectivity index (χ3n) is 8.55. The van der Waals surface area contributed by atoms with Crippen molar-refractivity contribution in [3.05, 3.63) is 107 Å². The van der Waals surface area contributed by atoms with E-state index in [2.05, 4.69) is 16.5 Å². The molecule has 3 aromatic carbocycles. The van der Waals surface area contributed by atoms with Crippen LogP contribution in [-0.4, -0.2) is 62.7 Å². The van der Waals surface area contributed by atoms with E-state index in [4.69, 9.17) is 0 Å². The number of rotatable bonds is 6. The molecule has 48 heavy (non-hydrogen) atoms. The number of hydrogen-bond acceptors (Lipinski definition) is 6. The summed E-state index contributed by atoms with van der Waals surface area (Å²) < 4.78 is 56.0. The number of phenolic OH excluding ortho intramolecular Hbond substituents is 1. The first kappa shape index (κ1) is 32.2. The van der Waals surface area contributed by atoms with Gasteiger partial charge in [-0.25, -0.2) is 9.07 Å². The lowest BCUT2D eigenvalue weighted by molar-refractivity contribution is -0.137. The molecule has 0 spiro atoms. The van der Waals surface area contributed by atoms with Gasteiger partial charge in [-0.3, -0.25) is 19.3 Å². The molecule has 1 aromatic heterocycles. The van der Waals surface area contributed by atoms with Crippen LogP contribution in [0, 0.1) is 17.1 Å². The van der Waals surface area contributed by atoms with Gasteiger partial charge in [-0.1, -0.05) is 24.3 Å². The Kier molecular flexibility index (Phi) is 8.38. The van der Waals surface area contributed by atoms with Crippen molar-refractivity contribution >= 4 is 23.5 Å². The summed E-state index contributed by atoms with van der Waals surface area (Å²) in [5, 5.41) is 27.3. The molecule has 3 amide bonds. The minimum absolute atomic E-state index is 0.0145. The molecule has 2 aliphatic rings. The SMILES string of the molecule is CCN1C(=O)C(NC(=O)c2cccc(C(F)(F)F)c2)C(c2ccc(F)cc2)c2c(C(=O)N3CCCC3C#N)nn(-c3cccc(O)c3)c21. The smallest absolute Gasteiger partial charge is 0.416 e. The van der Waals surface area contributed by atoms with Gasteiger partial charge in [0.25, 0.3) is 17.7 Å². The third kappa shape index (κ3) is 5.72. The van der Waals surface area contributed by atoms with E-state index in [-0.39, 0.29) is 41.5 Å². The molecular weight excluding hydrogens is 632 g/mol. The number of likely N-dealkylation sites (N-methyl/N-ethyl adjacent to an activating group) is 1. The van der Waals surface area contributed by atoms with Crippen molar-refractivity contribution in [3.8, 4) is 17.5 Å². The molecule has 1 fully saturated rings. The van der Waals surface area contributed by atoms with E-state index in [0.29, 0.717) is 30.2 Å². The summed E-state index contributed by atoms with van der Waals surface area (Å²) in [6, 6.07) is 14.6. The van der Waals surface area contributed by atoms with Crippen LogP contribution < -0.4 is 10.2 Å². The average Bonchev–Trinajstić information content (AvgIpc) is 3.71. The number of aromatic nitrogens is 2. The lowest BCUT2D eigenvalue weighted by Gasteiger charge is -2.38. The fourth-order valence-corrected chi connectivity index (χ4v) is 6.33. The second-order valence-corrected chi connectivity index (χ2v) is 11.4. The molecule has 0 aliphatic carbocycles. The number of hydrogen-bond donors (Lipinski definition) is 2. The van der Waals surface area contributed by atoms with Gasteiger partial charge in [-0.15, -0.1) is 0 Å². The number of nitrogens with one attached hydrogen (secondary N) is 1. The quantitative estimate of drug-likeness (QED) is 0.275. The Morgan fingerprint density at radius 1 is 1.08 bits per heavy atom. The Hall–Kier alpha value is -5.71. The number of carbonyl (C=O) groups is 3. The van der Waals surface area contributed by atoms with E-state index in [9.17, 15) is 42.3 Å². The van der Waals surface area contributed by atoms with Crippen LogP contribution in [-0.2, 0) is 11.0 Å². The Balaban J connectivity index is 1.58. The number of anilines is 1. The second kappa shape index (κ2) is 12.5. The van der Waals surface area contributed by atoms with Crippen LogP contribution >= 0.6 is 0 Å². The van der Waals surface area contributed by atoms with Crippen molar-refractivity contribution in [3.63, 3.8) is 0 Å². The van der Waals surface area contributed by atoms with Gasteiger partial charge in [0.1, 0.15) is 29.5 Å². The number of alkyl halides is 3. The number of benzene rings is 3. The van der Waals surface area contributed by atoms with Gasteiger partial charge in [-0.05, 0) is 67.8 Å². The summed E-state index contributed by atoms with van der Waals surface area (Å²) in [7, 11) is 0. The van der Waals surface area contributed by atoms with Gasteiger partial charge in [0, 0.05) is 36.2 Å². The molecule has 3 atom stereocenters. The third-order valence-corrected chi connectivity index (χ3v) is 8.55. The first-order valence-electron chi connectivity index (χ1n) is 15.1. The normalized spacial score (nSPS) is 19.2. The van der Waals surface area contributed by atoms with Gasteiger partial charge in [0.15, 0.2) is 5.69 Å². The van der Waals surface area contributed by atoms with Crippen LogP contribution in [0.4, 0.5) is 23.4 Å². The van der Waals surface area contributed by atoms with E-state index in [0.717, 1.165) is 24.3 Å². The van der Waals surface area contributed by atoms with E-state index < -0.39 is 53.3 Å². The molecule has 6 rings (SSSR count). The monoisotopic (exact) mass is 660 g/mol. The van der Waals surface area contributed by atoms with Crippen LogP contribution in [0.15, 0.2) is 72.8 Å². The molecule has 0 radical (unpaired) electrons. The number of phenols is 1. The van der Waals surface area contributed by atoms with Crippen molar-refractivity contribution in [1.82, 2.24) is 20.0 Å². The highest BCUT2D eigenvalue weighted by Crippen LogP contribution is 2.44. The molecule has 1 saturated heterocycles. The van der Waals surface area contributed by atoms with Crippen molar-refractivity contribution in [2.24, 2.45) is 0 Å². The first-order valence-corrected chi connectivity index (χ1v) is 15.1. The predicted molar refractivity (Wildman–Crippen MR) is 164 cm³/mol. The van der Waals surface area contributed by atoms with E-state index in [1.807, 2.05) is 0 Å². The van der Waals surface area contributed by atoms with E-state index >= 15 is 0 Å². The number of carbonyl (C=O) groups excluding carboxylic acids is 3. The highest BCUT2D eigenvalue weighted by atomic mass is 19.4. The second-order valence-electron chi connectivity index (χ2n) is 11.4. The van der Waals surface area contributed by atoms with Crippen molar-refractivity contribution < 1.29 is 37.1 Å². The zero-order valence-corrected chi connectivity index (χ0v) is 25.4. The number of halogens is 4. The lowest BCUT2D eigenvalue weighted by Crippen LogP contribution is -2.55. The summed E-state index contributed by atoms with van der Waals surface area (Å²) in [5.74, 6) is -4.03. The van der Waals surface area contributed by atoms with Gasteiger partial charge < -0.3 is 15.3 Å². The minimum atomic E-state index is -4.73. The molecule has 14 heteroatoms. The molecule has 0 saturated carbocycles. The van der Waals surface area contributed by atoms with Crippen molar-refractivity contribution in [2.75, 3.05) is 18.0 Å². The van der Waals surface area contributed by atoms with Crippen LogP contribution in [0.5, 0.6) is 5.75 Å². The highest BCUT2D eigenvalue weighted by molar-refractivity contribution is 6.07. The molecule has 2 aliphatic heterocycles. The zero-order chi connectivity index (χ0) is 34.3. The number of likely N-dealkylation sites (tertiary alicyclic amines) is 1. The molecular formula is C34H28F4N6O4. The maximum Gasteiger partial charge on any atom is 0.416 e. The average molecular weight is 661 g/mol. The van der Waals surface area contributed by atoms with Crippen molar-refractivity contribution in [1.29, 1.82) is 5.26 Å². The summed E-state index contributed by atoms with van der Waals surface area (Å²) in [4.78, 5) is 44.9. The maximum absolute atomic E-state index is 14.4. The summed E-state index contributed by atoms with van der Waals surface area (Å²) >= 11 is 0. The number of aromatic hydroxyl groups is 1. The molecule has 10 nitrogen and oxygen atoms in total. The maximum atomic E-state index is 14.4. The molecule has 4 aromatic rings. The molecule has 3 heterocycles. The summed E-state index contributed by atoms with van der Waals surface area (Å²) in [6.07, 6.45) is -3.72. The molecule has 3 unspecified atom stereocenters. The molecule has 2 N–H and O–H groups in total. The highest BCUT2D eigenvalue weighted by Gasteiger charge is 2.48. The molecule has 0 bridgehead atoms. The number of amides is 3. The lowest BCUT2D eigenvalue weighted by atomic mass is 9.80. The van der Waals surface area contributed by atoms with Crippen LogP contribution in [0.3, 0.4) is 0 Å². The standard InChI is InChI=1S/C34H28F4N6O4/c1-2-42-31-27(29(33(48)43-15-5-9-24(43)18-39)41-44(31)23-8-4-10-25(45)17-23)26(19-11-13-22(35)14-12-19)28(32(42)47)40-30(46)20-6-3-7-21(16-20)34(36,37)38/h3-4,6-8,10-14,16-17,24,26,28,45H,2,5,9,15H2,1H3,(H,40,46). The van der Waals surface area contributed by atoms with E-state index in [1.165, 1.54) is 44.8 Å². The fourth-order valence-electron chi connectivity index (χ4n) is 6.33. The number of fused-ring (bicyclic) bond motifs is 1. The Bertz CT molecular complexity index is 1950. The summed E-state index contributed by atoms with van der Waals surface area (Å²) in [6.45, 7) is 1.93. The van der Waals surface area contributed by atoms with Crippen LogP contribution in [0.25, 0.3) is 5.69 Å². The van der Waals surface area contributed by atoms with Crippen LogP contribution in [0.1, 0.15) is 63.2 Å². The Morgan fingerprint density at radius 3 is 2.48 bits per heavy atom. The fraction of sp³-hybridized carbons (Fsp3) is 0.265. The van der Waals surface area contributed by atoms with Gasteiger partial charge in [0.2, 0.25) is 0 Å². The van der Waals surface area contributed by atoms with Crippen molar-refractivity contribution in [2.45, 2.75) is 43.9 Å². The van der Waals surface area contributed by atoms with Gasteiger partial charge >= 0.3 is 6.18 Å². The predicted octanol–water partition coefficient (Wildman–Crippen LogP) is 5.16. The topological polar surface area (TPSA) is 132 Å². The Labute approximate surface area is 271 Å². The summed E-state index contributed by atoms with van der Waals surface area (Å²) in [5.41, 5.74) is -0.790. The number of nitriles is 1. The zero-order valence-electron chi connectivity index (χ0n) is 25.4. The number of nitrogens with zero attached hydrogens (tertiary/aromatic N) is 5. The Morgan fingerprint density at radius 2 is 1.81 bits per heavy atom. The molecule has 246 valence electrons. The van der Waals surface area contributed by atoms with Crippen LogP contribution in [0.2, 0.25) is 0 Å².